The summed E-state index contributed by atoms with van der Waals surface area (Å²) in [6, 6.07) is 15.6. The van der Waals surface area contributed by atoms with E-state index in [2.05, 4.69) is 99.9 Å². The minimum atomic E-state index is 0.164. The van der Waals surface area contributed by atoms with Crippen molar-refractivity contribution in [2.45, 2.75) is 52.4 Å². The van der Waals surface area contributed by atoms with Crippen molar-refractivity contribution in [2.24, 2.45) is 0 Å². The monoisotopic (exact) mass is 344 g/mol. The summed E-state index contributed by atoms with van der Waals surface area (Å²) in [5.74, 6) is 0. The topological polar surface area (TPSA) is 0 Å². The Bertz CT molecular complexity index is 640. The van der Waals surface area contributed by atoms with Crippen LogP contribution >= 0.6 is 15.9 Å². The van der Waals surface area contributed by atoms with Gasteiger partial charge in [-0.25, -0.2) is 0 Å². The van der Waals surface area contributed by atoms with Crippen LogP contribution in [0.4, 0.5) is 0 Å². The molecule has 0 aliphatic carbocycles. The Balaban J connectivity index is 2.57. The van der Waals surface area contributed by atoms with Crippen LogP contribution in [0.3, 0.4) is 0 Å². The maximum absolute atomic E-state index is 3.71. The molecular formula is C20H25Br. The van der Waals surface area contributed by atoms with Gasteiger partial charge in [0.25, 0.3) is 0 Å². The first-order chi connectivity index (χ1) is 9.59. The molecule has 0 spiro atoms. The second-order valence-corrected chi connectivity index (χ2v) is 8.63. The minimum Gasteiger partial charge on any atom is -0.0614 e. The van der Waals surface area contributed by atoms with Gasteiger partial charge in [0, 0.05) is 4.47 Å². The molecule has 21 heavy (non-hydrogen) atoms. The molecule has 112 valence electrons. The Hall–Kier alpha value is -1.08. The Labute approximate surface area is 137 Å². The molecule has 0 nitrogen and oxygen atoms in total. The summed E-state index contributed by atoms with van der Waals surface area (Å²) >= 11 is 3.71. The number of benzene rings is 2. The molecule has 1 heteroatoms. The lowest BCUT2D eigenvalue weighted by atomic mass is 9.83. The molecular weight excluding hydrogens is 320 g/mol. The van der Waals surface area contributed by atoms with Crippen LogP contribution in [-0.4, -0.2) is 0 Å². The van der Waals surface area contributed by atoms with E-state index >= 15 is 0 Å². The molecule has 2 aromatic rings. The zero-order valence-corrected chi connectivity index (χ0v) is 15.5. The molecule has 0 aliphatic heterocycles. The van der Waals surface area contributed by atoms with E-state index in [1.54, 1.807) is 0 Å². The lowest BCUT2D eigenvalue weighted by Gasteiger charge is -2.22. The van der Waals surface area contributed by atoms with Crippen molar-refractivity contribution >= 4 is 15.9 Å². The molecule has 0 saturated carbocycles. The molecule has 0 unspecified atom stereocenters. The van der Waals surface area contributed by atoms with Gasteiger partial charge in [0.2, 0.25) is 0 Å². The fraction of sp³-hybridized carbons (Fsp3) is 0.400. The lowest BCUT2D eigenvalue weighted by molar-refractivity contribution is 0.589. The molecule has 0 N–H and O–H groups in total. The second-order valence-electron chi connectivity index (χ2n) is 7.78. The van der Waals surface area contributed by atoms with Crippen LogP contribution in [0.1, 0.15) is 52.7 Å². The van der Waals surface area contributed by atoms with E-state index in [4.69, 9.17) is 0 Å². The van der Waals surface area contributed by atoms with Crippen molar-refractivity contribution < 1.29 is 0 Å². The van der Waals surface area contributed by atoms with E-state index in [9.17, 15) is 0 Å². The smallest absolute Gasteiger partial charge is 0.0253 e. The minimum absolute atomic E-state index is 0.164. The van der Waals surface area contributed by atoms with Gasteiger partial charge in [-0.3, -0.25) is 0 Å². The van der Waals surface area contributed by atoms with E-state index < -0.39 is 0 Å². The van der Waals surface area contributed by atoms with Crippen LogP contribution in [0.15, 0.2) is 46.9 Å². The third kappa shape index (κ3) is 3.77. The highest BCUT2D eigenvalue weighted by molar-refractivity contribution is 9.10. The maximum atomic E-state index is 3.71. The average molecular weight is 345 g/mol. The largest absolute Gasteiger partial charge is 0.0614 e. The first kappa shape index (κ1) is 16.3. The predicted molar refractivity (Wildman–Crippen MR) is 97.0 cm³/mol. The molecule has 2 aromatic carbocycles. The maximum Gasteiger partial charge on any atom is 0.0253 e. The van der Waals surface area contributed by atoms with E-state index in [0.717, 1.165) is 4.47 Å². The lowest BCUT2D eigenvalue weighted by Crippen LogP contribution is -2.11. The molecule has 0 amide bonds. The highest BCUT2D eigenvalue weighted by Crippen LogP contribution is 2.35. The Kier molecular flexibility index (Phi) is 4.35. The van der Waals surface area contributed by atoms with Crippen LogP contribution in [0.2, 0.25) is 0 Å². The zero-order valence-electron chi connectivity index (χ0n) is 13.9. The Morgan fingerprint density at radius 2 is 1.29 bits per heavy atom. The van der Waals surface area contributed by atoms with Gasteiger partial charge in [0.15, 0.2) is 0 Å². The number of halogens is 1. The van der Waals surface area contributed by atoms with Crippen molar-refractivity contribution in [1.29, 1.82) is 0 Å². The van der Waals surface area contributed by atoms with Gasteiger partial charge >= 0.3 is 0 Å². The van der Waals surface area contributed by atoms with Crippen molar-refractivity contribution in [3.05, 3.63) is 58.1 Å². The third-order valence-electron chi connectivity index (χ3n) is 3.87. The van der Waals surface area contributed by atoms with Crippen LogP contribution in [-0.2, 0) is 10.8 Å². The van der Waals surface area contributed by atoms with E-state index in [1.165, 1.54) is 22.3 Å². The number of hydrogen-bond acceptors (Lipinski definition) is 0. The van der Waals surface area contributed by atoms with Gasteiger partial charge in [-0.05, 0) is 45.2 Å². The summed E-state index contributed by atoms with van der Waals surface area (Å²) in [6.07, 6.45) is 0. The fourth-order valence-corrected chi connectivity index (χ4v) is 2.84. The third-order valence-corrected chi connectivity index (χ3v) is 4.56. The zero-order chi connectivity index (χ0) is 15.8. The summed E-state index contributed by atoms with van der Waals surface area (Å²) < 4.78 is 1.15. The van der Waals surface area contributed by atoms with Crippen LogP contribution in [0.25, 0.3) is 11.1 Å². The molecule has 0 atom stereocenters. The van der Waals surface area contributed by atoms with Crippen molar-refractivity contribution in [2.75, 3.05) is 0 Å². The van der Waals surface area contributed by atoms with Gasteiger partial charge in [-0.1, -0.05) is 87.8 Å². The number of hydrogen-bond donors (Lipinski definition) is 0. The quantitative estimate of drug-likeness (QED) is 0.539. The Morgan fingerprint density at radius 1 is 0.714 bits per heavy atom. The average Bonchev–Trinajstić information content (AvgIpc) is 2.37. The van der Waals surface area contributed by atoms with Crippen LogP contribution < -0.4 is 0 Å². The van der Waals surface area contributed by atoms with Gasteiger partial charge in [-0.2, -0.15) is 0 Å². The summed E-state index contributed by atoms with van der Waals surface area (Å²) in [5.41, 5.74) is 5.62. The first-order valence-electron chi connectivity index (χ1n) is 7.50. The molecule has 0 bridgehead atoms. The van der Waals surface area contributed by atoms with Crippen LogP contribution in [0, 0.1) is 0 Å². The second kappa shape index (κ2) is 5.61. The summed E-state index contributed by atoms with van der Waals surface area (Å²) in [5, 5.41) is 0. The summed E-state index contributed by atoms with van der Waals surface area (Å²) in [6.45, 7) is 13.5. The fourth-order valence-electron chi connectivity index (χ4n) is 2.37. The molecule has 0 aromatic heterocycles. The van der Waals surface area contributed by atoms with E-state index in [-0.39, 0.29) is 10.8 Å². The van der Waals surface area contributed by atoms with E-state index in [0.29, 0.717) is 0 Å². The molecule has 0 heterocycles. The highest BCUT2D eigenvalue weighted by atomic mass is 79.9. The standard InChI is InChI=1S/C20H25Br/c1-19(2,3)15-9-7-8-14(12-15)17-13-16(20(4,5)6)10-11-18(17)21/h7-13H,1-6H3. The number of rotatable bonds is 1. The SMILES string of the molecule is CC(C)(C)c1cccc(-c2cc(C(C)(C)C)ccc2Br)c1. The van der Waals surface area contributed by atoms with Crippen molar-refractivity contribution in [3.8, 4) is 11.1 Å². The molecule has 2 rings (SSSR count). The van der Waals surface area contributed by atoms with Gasteiger partial charge in [-0.15, -0.1) is 0 Å². The summed E-state index contributed by atoms with van der Waals surface area (Å²) in [7, 11) is 0. The molecule has 0 radical (unpaired) electrons. The van der Waals surface area contributed by atoms with Gasteiger partial charge in [0.1, 0.15) is 0 Å². The Morgan fingerprint density at radius 3 is 1.86 bits per heavy atom. The molecule has 0 aliphatic rings. The first-order valence-corrected chi connectivity index (χ1v) is 8.29. The summed E-state index contributed by atoms with van der Waals surface area (Å²) in [4.78, 5) is 0. The van der Waals surface area contributed by atoms with E-state index in [1.807, 2.05) is 0 Å². The van der Waals surface area contributed by atoms with Gasteiger partial charge < -0.3 is 0 Å². The highest BCUT2D eigenvalue weighted by Gasteiger charge is 2.17. The van der Waals surface area contributed by atoms with Crippen molar-refractivity contribution in [3.63, 3.8) is 0 Å². The molecule has 0 saturated heterocycles. The van der Waals surface area contributed by atoms with Gasteiger partial charge in [0.05, 0.1) is 0 Å². The molecule has 0 fully saturated rings. The van der Waals surface area contributed by atoms with Crippen molar-refractivity contribution in [1.82, 2.24) is 0 Å². The van der Waals surface area contributed by atoms with Crippen LogP contribution in [0.5, 0.6) is 0 Å². The predicted octanol–water partition coefficient (Wildman–Crippen LogP) is 6.71. The normalized spacial score (nSPS) is 12.5.